The second-order valence-corrected chi connectivity index (χ2v) is 8.18. The largest absolute Gasteiger partial charge is 0.416 e. The summed E-state index contributed by atoms with van der Waals surface area (Å²) in [6.07, 6.45) is -3.50. The van der Waals surface area contributed by atoms with Gasteiger partial charge in [0, 0.05) is 38.2 Å². The van der Waals surface area contributed by atoms with E-state index < -0.39 is 17.6 Å². The van der Waals surface area contributed by atoms with Crippen LogP contribution in [0.15, 0.2) is 48.5 Å². The van der Waals surface area contributed by atoms with E-state index in [9.17, 15) is 22.4 Å². The van der Waals surface area contributed by atoms with Gasteiger partial charge in [-0.3, -0.25) is 4.79 Å². The molecule has 0 atom stereocenters. The average molecular weight is 488 g/mol. The molecule has 2 aromatic carbocycles. The molecule has 0 bridgehead atoms. The highest BCUT2D eigenvalue weighted by Gasteiger charge is 2.33. The Hall–Kier alpha value is -3.76. The quantitative estimate of drug-likeness (QED) is 0.505. The summed E-state index contributed by atoms with van der Waals surface area (Å²) in [6, 6.07) is 11.2. The lowest BCUT2D eigenvalue weighted by Gasteiger charge is -2.31. The molecule has 1 amide bonds. The van der Waals surface area contributed by atoms with Gasteiger partial charge >= 0.3 is 6.18 Å². The van der Waals surface area contributed by atoms with Crippen LogP contribution in [0.1, 0.15) is 24.0 Å². The number of piperidine rings is 1. The van der Waals surface area contributed by atoms with Gasteiger partial charge in [0.05, 0.1) is 5.56 Å². The van der Waals surface area contributed by atoms with E-state index >= 15 is 0 Å². The predicted molar refractivity (Wildman–Crippen MR) is 123 cm³/mol. The van der Waals surface area contributed by atoms with Crippen LogP contribution in [0, 0.1) is 11.7 Å². The summed E-state index contributed by atoms with van der Waals surface area (Å²) in [7, 11) is 1.67. The molecule has 1 aliphatic rings. The molecule has 1 aliphatic heterocycles. The normalized spacial score (nSPS) is 14.6. The van der Waals surface area contributed by atoms with E-state index in [2.05, 4.69) is 25.6 Å². The average Bonchev–Trinajstić information content (AvgIpc) is 2.86. The summed E-state index contributed by atoms with van der Waals surface area (Å²) in [5.74, 6) is 0.0347. The Labute approximate surface area is 199 Å². The third-order valence-corrected chi connectivity index (χ3v) is 5.85. The lowest BCUT2D eigenvalue weighted by molar-refractivity contribution is -0.138. The van der Waals surface area contributed by atoms with Gasteiger partial charge in [0.15, 0.2) is 5.82 Å². The van der Waals surface area contributed by atoms with Crippen molar-refractivity contribution in [3.8, 4) is 11.4 Å². The minimum atomic E-state index is -4.48. The smallest absolute Gasteiger partial charge is 0.357 e. The molecule has 4 rings (SSSR count). The van der Waals surface area contributed by atoms with E-state index in [4.69, 9.17) is 0 Å². The lowest BCUT2D eigenvalue weighted by atomic mass is 9.96. The SMILES string of the molecule is CNc1nc(-c2cccc(F)c2)nc(N2CCC(C(=O)NCc3ccccc3C(F)(F)F)CC2)n1. The van der Waals surface area contributed by atoms with Crippen molar-refractivity contribution in [2.45, 2.75) is 25.6 Å². The van der Waals surface area contributed by atoms with Gasteiger partial charge in [-0.15, -0.1) is 0 Å². The Bertz CT molecular complexity index is 1190. The fourth-order valence-electron chi connectivity index (χ4n) is 3.99. The van der Waals surface area contributed by atoms with Gasteiger partial charge in [-0.2, -0.15) is 28.1 Å². The Morgan fingerprint density at radius 3 is 2.49 bits per heavy atom. The molecule has 2 N–H and O–H groups in total. The number of aromatic nitrogens is 3. The van der Waals surface area contributed by atoms with Crippen LogP contribution >= 0.6 is 0 Å². The van der Waals surface area contributed by atoms with Gasteiger partial charge < -0.3 is 15.5 Å². The van der Waals surface area contributed by atoms with Crippen molar-refractivity contribution in [2.24, 2.45) is 5.92 Å². The number of nitrogens with zero attached hydrogens (tertiary/aromatic N) is 4. The molecule has 0 radical (unpaired) electrons. The van der Waals surface area contributed by atoms with Crippen LogP contribution in [0.25, 0.3) is 11.4 Å². The van der Waals surface area contributed by atoms with Crippen molar-refractivity contribution < 1.29 is 22.4 Å². The predicted octanol–water partition coefficient (Wildman–Crippen LogP) is 4.27. The Balaban J connectivity index is 1.40. The molecular formula is C24H24F4N6O. The van der Waals surface area contributed by atoms with Crippen LogP contribution in [-0.4, -0.2) is 41.0 Å². The van der Waals surface area contributed by atoms with E-state index in [0.29, 0.717) is 49.2 Å². The van der Waals surface area contributed by atoms with E-state index in [1.807, 2.05) is 4.90 Å². The third-order valence-electron chi connectivity index (χ3n) is 5.85. The van der Waals surface area contributed by atoms with Gasteiger partial charge in [0.1, 0.15) is 5.82 Å². The zero-order valence-corrected chi connectivity index (χ0v) is 18.9. The van der Waals surface area contributed by atoms with Crippen molar-refractivity contribution in [3.63, 3.8) is 0 Å². The highest BCUT2D eigenvalue weighted by molar-refractivity contribution is 5.79. The topological polar surface area (TPSA) is 83.0 Å². The summed E-state index contributed by atoms with van der Waals surface area (Å²) in [6.45, 7) is 0.769. The number of halogens is 4. The first kappa shape index (κ1) is 24.4. The van der Waals surface area contributed by atoms with E-state index in [-0.39, 0.29) is 23.9 Å². The second kappa shape index (κ2) is 10.2. The molecule has 0 saturated carbocycles. The fourth-order valence-corrected chi connectivity index (χ4v) is 3.99. The van der Waals surface area contributed by atoms with Crippen LogP contribution in [-0.2, 0) is 17.5 Å². The summed E-state index contributed by atoms with van der Waals surface area (Å²) in [5, 5.41) is 5.52. The first-order valence-corrected chi connectivity index (χ1v) is 11.1. The lowest BCUT2D eigenvalue weighted by Crippen LogP contribution is -2.41. The number of hydrogen-bond acceptors (Lipinski definition) is 6. The van der Waals surface area contributed by atoms with Gasteiger partial charge in [0.25, 0.3) is 0 Å². The van der Waals surface area contributed by atoms with E-state index in [1.165, 1.54) is 30.3 Å². The van der Waals surface area contributed by atoms with Crippen LogP contribution in [0.3, 0.4) is 0 Å². The summed E-state index contributed by atoms with van der Waals surface area (Å²) >= 11 is 0. The van der Waals surface area contributed by atoms with Crippen LogP contribution < -0.4 is 15.5 Å². The number of anilines is 2. The van der Waals surface area contributed by atoms with Crippen LogP contribution in [0.2, 0.25) is 0 Å². The zero-order chi connectivity index (χ0) is 25.0. The van der Waals surface area contributed by atoms with Crippen LogP contribution in [0.5, 0.6) is 0 Å². The molecule has 0 spiro atoms. The fraction of sp³-hybridized carbons (Fsp3) is 0.333. The zero-order valence-electron chi connectivity index (χ0n) is 18.9. The standard InChI is InChI=1S/C24H24F4N6O/c1-29-22-31-20(16-6-4-7-18(25)13-16)32-23(33-22)34-11-9-15(10-12-34)21(35)30-14-17-5-2-3-8-19(17)24(26,27)28/h2-8,13,15H,9-12,14H2,1H3,(H,30,35)(H,29,31,32,33). The maximum absolute atomic E-state index is 13.7. The number of carbonyl (C=O) groups is 1. The second-order valence-electron chi connectivity index (χ2n) is 8.18. The van der Waals surface area contributed by atoms with Crippen LogP contribution in [0.4, 0.5) is 29.5 Å². The number of alkyl halides is 3. The van der Waals surface area contributed by atoms with Crippen molar-refractivity contribution in [1.29, 1.82) is 0 Å². The van der Waals surface area contributed by atoms with Crippen molar-refractivity contribution in [1.82, 2.24) is 20.3 Å². The molecule has 0 unspecified atom stereocenters. The highest BCUT2D eigenvalue weighted by Crippen LogP contribution is 2.32. The van der Waals surface area contributed by atoms with Gasteiger partial charge in [0.2, 0.25) is 17.8 Å². The maximum Gasteiger partial charge on any atom is 0.416 e. The van der Waals surface area contributed by atoms with E-state index in [0.717, 1.165) is 6.07 Å². The Morgan fingerprint density at radius 2 is 1.80 bits per heavy atom. The van der Waals surface area contributed by atoms with Gasteiger partial charge in [-0.05, 0) is 36.6 Å². The molecule has 2 heterocycles. The maximum atomic E-state index is 13.7. The molecule has 35 heavy (non-hydrogen) atoms. The molecular weight excluding hydrogens is 464 g/mol. The monoisotopic (exact) mass is 488 g/mol. The van der Waals surface area contributed by atoms with Crippen molar-refractivity contribution >= 4 is 17.8 Å². The minimum absolute atomic E-state index is 0.0282. The summed E-state index contributed by atoms with van der Waals surface area (Å²) in [4.78, 5) is 27.7. The molecule has 184 valence electrons. The minimum Gasteiger partial charge on any atom is -0.357 e. The Morgan fingerprint density at radius 1 is 1.06 bits per heavy atom. The number of nitrogens with one attached hydrogen (secondary N) is 2. The van der Waals surface area contributed by atoms with Gasteiger partial charge in [-0.1, -0.05) is 30.3 Å². The molecule has 1 aromatic heterocycles. The number of hydrogen-bond donors (Lipinski definition) is 2. The summed E-state index contributed by atoms with van der Waals surface area (Å²) < 4.78 is 53.2. The first-order chi connectivity index (χ1) is 16.7. The Kier molecular flexibility index (Phi) is 7.13. The number of amides is 1. The molecule has 3 aromatic rings. The molecule has 7 nitrogen and oxygen atoms in total. The number of carbonyl (C=O) groups excluding carboxylic acids is 1. The number of benzene rings is 2. The first-order valence-electron chi connectivity index (χ1n) is 11.1. The highest BCUT2D eigenvalue weighted by atomic mass is 19.4. The van der Waals surface area contributed by atoms with E-state index in [1.54, 1.807) is 19.2 Å². The summed E-state index contributed by atoms with van der Waals surface area (Å²) in [5.41, 5.74) is -0.210. The molecule has 1 saturated heterocycles. The number of rotatable bonds is 6. The van der Waals surface area contributed by atoms with Gasteiger partial charge in [-0.25, -0.2) is 4.39 Å². The third kappa shape index (κ3) is 5.84. The van der Waals surface area contributed by atoms with Crippen molar-refractivity contribution in [2.75, 3.05) is 30.4 Å². The molecule has 0 aliphatic carbocycles. The molecule has 11 heteroatoms. The van der Waals surface area contributed by atoms with Crippen molar-refractivity contribution in [3.05, 3.63) is 65.5 Å². The molecule has 1 fully saturated rings.